The molecule has 0 radical (unpaired) electrons. The van der Waals surface area contributed by atoms with Crippen molar-refractivity contribution < 1.29 is 14.6 Å². The molecule has 0 aromatic carbocycles. The first-order valence-corrected chi connectivity index (χ1v) is 6.90. The fourth-order valence-electron chi connectivity index (χ4n) is 2.43. The molecule has 1 saturated carbocycles. The van der Waals surface area contributed by atoms with Gasteiger partial charge in [-0.2, -0.15) is 0 Å². The Labute approximate surface area is 110 Å². The van der Waals surface area contributed by atoms with Crippen LogP contribution >= 0.6 is 0 Å². The Morgan fingerprint density at radius 3 is 2.50 bits per heavy atom. The maximum Gasteiger partial charge on any atom is 0.307 e. The molecule has 1 aliphatic carbocycles. The van der Waals surface area contributed by atoms with Gasteiger partial charge in [0.15, 0.2) is 0 Å². The van der Waals surface area contributed by atoms with Crippen LogP contribution in [-0.2, 0) is 9.53 Å². The van der Waals surface area contributed by atoms with E-state index in [-0.39, 0.29) is 18.1 Å². The van der Waals surface area contributed by atoms with E-state index in [0.29, 0.717) is 13.0 Å². The van der Waals surface area contributed by atoms with E-state index in [4.69, 9.17) is 4.74 Å². The van der Waals surface area contributed by atoms with Crippen LogP contribution in [0.4, 0.5) is 0 Å². The lowest BCUT2D eigenvalue weighted by atomic mass is 9.91. The molecule has 18 heavy (non-hydrogen) atoms. The summed E-state index contributed by atoms with van der Waals surface area (Å²) in [7, 11) is 1.98. The van der Waals surface area contributed by atoms with Gasteiger partial charge in [-0.3, -0.25) is 4.79 Å². The molecule has 4 heteroatoms. The van der Waals surface area contributed by atoms with Crippen LogP contribution in [0.2, 0.25) is 0 Å². The lowest BCUT2D eigenvalue weighted by Gasteiger charge is -2.35. The second-order valence-electron chi connectivity index (χ2n) is 6.24. The van der Waals surface area contributed by atoms with E-state index in [0.717, 1.165) is 19.3 Å². The Morgan fingerprint density at radius 1 is 1.33 bits per heavy atom. The van der Waals surface area contributed by atoms with Crippen LogP contribution < -0.4 is 0 Å². The number of hydrogen-bond donors (Lipinski definition) is 1. The molecule has 1 aliphatic rings. The fraction of sp³-hybridized carbons (Fsp3) is 0.929. The number of rotatable bonds is 4. The number of hydrogen-bond acceptors (Lipinski definition) is 4. The van der Waals surface area contributed by atoms with Crippen LogP contribution in [0.15, 0.2) is 0 Å². The summed E-state index contributed by atoms with van der Waals surface area (Å²) in [6, 6.07) is 0.196. The summed E-state index contributed by atoms with van der Waals surface area (Å²) in [6.45, 7) is 6.27. The molecule has 0 spiro atoms. The van der Waals surface area contributed by atoms with E-state index in [1.165, 1.54) is 6.42 Å². The van der Waals surface area contributed by atoms with Gasteiger partial charge in [-0.1, -0.05) is 12.8 Å². The predicted molar refractivity (Wildman–Crippen MR) is 71.4 cm³/mol. The normalized spacial score (nSPS) is 25.2. The average Bonchev–Trinajstić information content (AvgIpc) is 2.24. The van der Waals surface area contributed by atoms with E-state index in [1.807, 2.05) is 27.8 Å². The summed E-state index contributed by atoms with van der Waals surface area (Å²) < 4.78 is 5.27. The highest BCUT2D eigenvalue weighted by Crippen LogP contribution is 2.22. The van der Waals surface area contributed by atoms with E-state index < -0.39 is 5.60 Å². The Bertz CT molecular complexity index is 273. The highest BCUT2D eigenvalue weighted by Gasteiger charge is 2.27. The highest BCUT2D eigenvalue weighted by molar-refractivity contribution is 5.70. The van der Waals surface area contributed by atoms with Crippen LogP contribution in [-0.4, -0.2) is 47.3 Å². The fourth-order valence-corrected chi connectivity index (χ4v) is 2.43. The number of nitrogens with zero attached hydrogens (tertiary/aromatic N) is 1. The molecule has 2 atom stereocenters. The van der Waals surface area contributed by atoms with Crippen LogP contribution in [0.25, 0.3) is 0 Å². The molecular weight excluding hydrogens is 230 g/mol. The van der Waals surface area contributed by atoms with Gasteiger partial charge in [0.25, 0.3) is 0 Å². The van der Waals surface area contributed by atoms with Gasteiger partial charge < -0.3 is 14.7 Å². The van der Waals surface area contributed by atoms with Gasteiger partial charge in [0, 0.05) is 12.6 Å². The van der Waals surface area contributed by atoms with Gasteiger partial charge in [0.05, 0.1) is 12.5 Å². The molecule has 0 saturated heterocycles. The Hall–Kier alpha value is -0.610. The molecule has 1 rings (SSSR count). The summed E-state index contributed by atoms with van der Waals surface area (Å²) in [5, 5.41) is 9.93. The summed E-state index contributed by atoms with van der Waals surface area (Å²) in [5.41, 5.74) is -0.417. The zero-order valence-corrected chi connectivity index (χ0v) is 12.1. The van der Waals surface area contributed by atoms with E-state index in [1.54, 1.807) is 0 Å². The minimum absolute atomic E-state index is 0.167. The Balaban J connectivity index is 2.31. The van der Waals surface area contributed by atoms with Crippen molar-refractivity contribution in [2.75, 3.05) is 13.6 Å². The van der Waals surface area contributed by atoms with Crippen molar-refractivity contribution in [1.29, 1.82) is 0 Å². The lowest BCUT2D eigenvalue weighted by molar-refractivity contribution is -0.155. The van der Waals surface area contributed by atoms with Crippen molar-refractivity contribution in [3.8, 4) is 0 Å². The third-order valence-electron chi connectivity index (χ3n) is 3.35. The topological polar surface area (TPSA) is 49.8 Å². The minimum Gasteiger partial charge on any atom is -0.460 e. The standard InChI is InChI=1S/C14H27NO3/c1-14(2,3)18-13(17)9-10-15(4)11-7-5-6-8-12(11)16/h11-12,16H,5-10H2,1-4H3. The maximum absolute atomic E-state index is 11.6. The zero-order valence-electron chi connectivity index (χ0n) is 12.1. The quantitative estimate of drug-likeness (QED) is 0.782. The SMILES string of the molecule is CN(CCC(=O)OC(C)(C)C)C1CCCCC1O. The van der Waals surface area contributed by atoms with Crippen molar-refractivity contribution in [2.45, 2.75) is 70.6 Å². The van der Waals surface area contributed by atoms with Gasteiger partial charge in [-0.05, 0) is 40.7 Å². The van der Waals surface area contributed by atoms with Crippen molar-refractivity contribution in [2.24, 2.45) is 0 Å². The minimum atomic E-state index is -0.417. The third kappa shape index (κ3) is 5.36. The van der Waals surface area contributed by atoms with Gasteiger partial charge in [0.2, 0.25) is 0 Å². The monoisotopic (exact) mass is 257 g/mol. The van der Waals surface area contributed by atoms with Crippen LogP contribution in [0, 0.1) is 0 Å². The Morgan fingerprint density at radius 2 is 1.94 bits per heavy atom. The number of aliphatic hydroxyl groups is 1. The molecule has 106 valence electrons. The van der Waals surface area contributed by atoms with Crippen molar-refractivity contribution in [1.82, 2.24) is 4.90 Å². The van der Waals surface area contributed by atoms with Gasteiger partial charge in [-0.25, -0.2) is 0 Å². The lowest BCUT2D eigenvalue weighted by Crippen LogP contribution is -2.44. The summed E-state index contributed by atoms with van der Waals surface area (Å²) >= 11 is 0. The summed E-state index contributed by atoms with van der Waals surface area (Å²) in [4.78, 5) is 13.7. The van der Waals surface area contributed by atoms with E-state index in [2.05, 4.69) is 4.90 Å². The maximum atomic E-state index is 11.6. The van der Waals surface area contributed by atoms with Crippen LogP contribution in [0.1, 0.15) is 52.9 Å². The number of carbonyl (C=O) groups is 1. The molecule has 1 fully saturated rings. The molecule has 0 heterocycles. The van der Waals surface area contributed by atoms with Crippen LogP contribution in [0.3, 0.4) is 0 Å². The smallest absolute Gasteiger partial charge is 0.307 e. The molecule has 0 aromatic rings. The van der Waals surface area contributed by atoms with Crippen molar-refractivity contribution in [3.05, 3.63) is 0 Å². The first-order valence-electron chi connectivity index (χ1n) is 6.90. The van der Waals surface area contributed by atoms with E-state index in [9.17, 15) is 9.90 Å². The molecule has 0 amide bonds. The number of esters is 1. The van der Waals surface area contributed by atoms with Crippen molar-refractivity contribution >= 4 is 5.97 Å². The first kappa shape index (κ1) is 15.4. The van der Waals surface area contributed by atoms with Gasteiger partial charge in [-0.15, -0.1) is 0 Å². The number of carbonyl (C=O) groups excluding carboxylic acids is 1. The van der Waals surface area contributed by atoms with Crippen LogP contribution in [0.5, 0.6) is 0 Å². The number of aliphatic hydroxyl groups excluding tert-OH is 1. The average molecular weight is 257 g/mol. The molecule has 0 bridgehead atoms. The molecular formula is C14H27NO3. The molecule has 1 N–H and O–H groups in total. The molecule has 0 aliphatic heterocycles. The zero-order chi connectivity index (χ0) is 13.8. The van der Waals surface area contributed by atoms with Gasteiger partial charge >= 0.3 is 5.97 Å². The van der Waals surface area contributed by atoms with Gasteiger partial charge in [0.1, 0.15) is 5.60 Å². The second-order valence-corrected chi connectivity index (χ2v) is 6.24. The number of likely N-dealkylation sites (N-methyl/N-ethyl adjacent to an activating group) is 1. The summed E-state index contributed by atoms with van der Waals surface area (Å²) in [5.74, 6) is -0.167. The Kier molecular flexibility index (Phi) is 5.60. The number of ether oxygens (including phenoxy) is 1. The highest BCUT2D eigenvalue weighted by atomic mass is 16.6. The van der Waals surface area contributed by atoms with E-state index >= 15 is 0 Å². The first-order chi connectivity index (χ1) is 8.29. The second kappa shape index (κ2) is 6.53. The molecule has 0 aromatic heterocycles. The predicted octanol–water partition coefficient (Wildman–Crippen LogP) is 1.95. The molecule has 4 nitrogen and oxygen atoms in total. The third-order valence-corrected chi connectivity index (χ3v) is 3.35. The summed E-state index contributed by atoms with van der Waals surface area (Å²) in [6.07, 6.45) is 4.31. The largest absolute Gasteiger partial charge is 0.460 e. The molecule has 2 unspecified atom stereocenters. The van der Waals surface area contributed by atoms with Crippen molar-refractivity contribution in [3.63, 3.8) is 0 Å².